The predicted octanol–water partition coefficient (Wildman–Crippen LogP) is 6.49. The fourth-order valence-electron chi connectivity index (χ4n) is 4.64. The van der Waals surface area contributed by atoms with Crippen molar-refractivity contribution >= 4 is 56.4 Å². The van der Waals surface area contributed by atoms with Crippen LogP contribution in [0, 0.1) is 0 Å². The minimum atomic E-state index is -4.78. The summed E-state index contributed by atoms with van der Waals surface area (Å²) in [6.45, 7) is 4.43. The molecule has 0 bridgehead atoms. The number of oxime groups is 1. The van der Waals surface area contributed by atoms with Crippen molar-refractivity contribution in [2.75, 3.05) is 23.9 Å². The van der Waals surface area contributed by atoms with Gasteiger partial charge in [0.05, 0.1) is 18.3 Å². The van der Waals surface area contributed by atoms with E-state index < -0.39 is 6.36 Å². The molecule has 1 aliphatic heterocycles. The minimum absolute atomic E-state index is 0.00550. The third kappa shape index (κ3) is 7.02. The van der Waals surface area contributed by atoms with Gasteiger partial charge in [0.1, 0.15) is 18.6 Å². The summed E-state index contributed by atoms with van der Waals surface area (Å²) in [7, 11) is 3.15. The lowest BCUT2D eigenvalue weighted by Crippen LogP contribution is -2.25. The molecule has 0 saturated carbocycles. The number of para-hydroxylation sites is 1. The topological polar surface area (TPSA) is 106 Å². The molecule has 10 nitrogen and oxygen atoms in total. The molecule has 228 valence electrons. The lowest BCUT2D eigenvalue weighted by molar-refractivity contribution is -0.274. The van der Waals surface area contributed by atoms with Gasteiger partial charge in [0.2, 0.25) is 5.12 Å². The molecule has 1 fully saturated rings. The number of hydrogen-bond acceptors (Lipinski definition) is 8. The Morgan fingerprint density at radius 2 is 1.86 bits per heavy atom. The van der Waals surface area contributed by atoms with Crippen molar-refractivity contribution < 1.29 is 27.5 Å². The normalized spacial score (nSPS) is 15.3. The number of aryl methyl sites for hydroxylation is 1. The molecule has 1 aliphatic rings. The van der Waals surface area contributed by atoms with Gasteiger partial charge in [0.15, 0.2) is 11.0 Å². The summed E-state index contributed by atoms with van der Waals surface area (Å²) in [5, 5.41) is 21.6. The molecule has 4 aromatic rings. The van der Waals surface area contributed by atoms with Gasteiger partial charge in [-0.1, -0.05) is 43.3 Å². The van der Waals surface area contributed by atoms with Crippen molar-refractivity contribution in [3.63, 3.8) is 0 Å². The molecule has 0 amide bonds. The standard InChI is InChI=1S/C30H28F3N7O3S/c1-18(2)22-7-5-6-8-24(22)40-17-26(41)44-29(40)36-34-16-19-9-14-23-25(15-19)39(3)37-27(23)28(38-42-4)35-20-10-12-21(13-11-20)43-30(31,32)33/h5-16,18H,17H2,1-4H3,(H,35,38)/b34-16+,36-29+. The maximum Gasteiger partial charge on any atom is 0.573 e. The Bertz CT molecular complexity index is 1770. The Balaban J connectivity index is 1.37. The molecule has 0 spiro atoms. The average Bonchev–Trinajstić information content (AvgIpc) is 3.51. The van der Waals surface area contributed by atoms with E-state index in [-0.39, 0.29) is 29.2 Å². The molecule has 1 saturated heterocycles. The Morgan fingerprint density at radius 1 is 1.11 bits per heavy atom. The van der Waals surface area contributed by atoms with Gasteiger partial charge in [0.25, 0.3) is 0 Å². The Morgan fingerprint density at radius 3 is 2.57 bits per heavy atom. The van der Waals surface area contributed by atoms with Crippen LogP contribution in [0.5, 0.6) is 5.75 Å². The fourth-order valence-corrected chi connectivity index (χ4v) is 5.40. The van der Waals surface area contributed by atoms with Crippen LogP contribution in [-0.2, 0) is 16.7 Å². The molecule has 0 unspecified atom stereocenters. The molecule has 5 rings (SSSR count). The fraction of sp³-hybridized carbons (Fsp3) is 0.233. The van der Waals surface area contributed by atoms with E-state index in [1.165, 1.54) is 31.4 Å². The van der Waals surface area contributed by atoms with Crippen molar-refractivity contribution in [3.8, 4) is 5.75 Å². The number of nitrogens with zero attached hydrogens (tertiary/aromatic N) is 6. The first-order valence-electron chi connectivity index (χ1n) is 13.4. The third-order valence-corrected chi connectivity index (χ3v) is 7.40. The van der Waals surface area contributed by atoms with E-state index in [1.807, 2.05) is 47.4 Å². The Labute approximate surface area is 255 Å². The van der Waals surface area contributed by atoms with Crippen molar-refractivity contribution in [3.05, 3.63) is 83.6 Å². The quantitative estimate of drug-likeness (QED) is 0.136. The number of amidine groups is 2. The number of thioether (sulfide) groups is 1. The van der Waals surface area contributed by atoms with Crippen LogP contribution in [0.1, 0.15) is 36.6 Å². The molecular weight excluding hydrogens is 595 g/mol. The van der Waals surface area contributed by atoms with Gasteiger partial charge in [-0.25, -0.2) is 0 Å². The molecule has 44 heavy (non-hydrogen) atoms. The highest BCUT2D eigenvalue weighted by molar-refractivity contribution is 8.27. The molecular formula is C30H28F3N7O3S. The van der Waals surface area contributed by atoms with E-state index in [1.54, 1.807) is 17.9 Å². The first-order valence-corrected chi connectivity index (χ1v) is 14.2. The van der Waals surface area contributed by atoms with E-state index >= 15 is 0 Å². The number of benzene rings is 3. The minimum Gasteiger partial charge on any atom is -0.406 e. The second kappa shape index (κ2) is 12.8. The van der Waals surface area contributed by atoms with E-state index in [9.17, 15) is 18.0 Å². The maximum atomic E-state index is 12.5. The van der Waals surface area contributed by atoms with E-state index in [2.05, 4.69) is 44.4 Å². The second-order valence-corrected chi connectivity index (χ2v) is 11.0. The van der Waals surface area contributed by atoms with Gasteiger partial charge in [-0.2, -0.15) is 10.2 Å². The van der Waals surface area contributed by atoms with Crippen molar-refractivity contribution in [2.24, 2.45) is 22.4 Å². The van der Waals surface area contributed by atoms with Crippen LogP contribution < -0.4 is 15.0 Å². The van der Waals surface area contributed by atoms with E-state index in [4.69, 9.17) is 4.84 Å². The Hall–Kier alpha value is -4.85. The number of ether oxygens (including phenoxy) is 1. The van der Waals surface area contributed by atoms with Crippen LogP contribution in [0.3, 0.4) is 0 Å². The number of anilines is 2. The van der Waals surface area contributed by atoms with Crippen molar-refractivity contribution in [1.82, 2.24) is 9.78 Å². The summed E-state index contributed by atoms with van der Waals surface area (Å²) in [6.07, 6.45) is -3.18. The predicted molar refractivity (Wildman–Crippen MR) is 167 cm³/mol. The highest BCUT2D eigenvalue weighted by Crippen LogP contribution is 2.33. The SMILES string of the molecule is CO/N=C(\Nc1ccc(OC(F)(F)F)cc1)c1nn(C)c2cc(/C=N/N=C3/SC(=O)CN3c3ccccc3C(C)C)ccc12. The van der Waals surface area contributed by atoms with Crippen molar-refractivity contribution in [2.45, 2.75) is 26.1 Å². The van der Waals surface area contributed by atoms with Crippen LogP contribution in [-0.4, -0.2) is 52.1 Å². The molecule has 14 heteroatoms. The highest BCUT2D eigenvalue weighted by Gasteiger charge is 2.31. The first kappa shape index (κ1) is 30.6. The summed E-state index contributed by atoms with van der Waals surface area (Å²) in [5.74, 6) is 0.178. The zero-order valence-electron chi connectivity index (χ0n) is 24.2. The number of carbonyl (C=O) groups is 1. The lowest BCUT2D eigenvalue weighted by Gasteiger charge is -2.21. The molecule has 0 aliphatic carbocycles. The third-order valence-electron chi connectivity index (χ3n) is 6.56. The molecule has 2 heterocycles. The van der Waals surface area contributed by atoms with E-state index in [0.717, 1.165) is 39.5 Å². The van der Waals surface area contributed by atoms with Crippen LogP contribution in [0.25, 0.3) is 10.9 Å². The van der Waals surface area contributed by atoms with Gasteiger partial charge in [-0.15, -0.1) is 18.3 Å². The molecule has 1 aromatic heterocycles. The van der Waals surface area contributed by atoms with Crippen molar-refractivity contribution in [1.29, 1.82) is 0 Å². The summed E-state index contributed by atoms with van der Waals surface area (Å²) in [6, 6.07) is 18.7. The number of fused-ring (bicyclic) bond motifs is 1. The van der Waals surface area contributed by atoms with Gasteiger partial charge in [0, 0.05) is 23.8 Å². The van der Waals surface area contributed by atoms with Gasteiger partial charge < -0.3 is 19.8 Å². The maximum absolute atomic E-state index is 12.5. The number of nitrogens with one attached hydrogen (secondary N) is 1. The highest BCUT2D eigenvalue weighted by atomic mass is 32.2. The lowest BCUT2D eigenvalue weighted by atomic mass is 10.0. The monoisotopic (exact) mass is 623 g/mol. The number of alkyl halides is 3. The number of aromatic nitrogens is 2. The van der Waals surface area contributed by atoms with Gasteiger partial charge in [-0.05, 0) is 71.3 Å². The summed E-state index contributed by atoms with van der Waals surface area (Å²) in [4.78, 5) is 19.2. The smallest absolute Gasteiger partial charge is 0.406 e. The van der Waals surface area contributed by atoms with Gasteiger partial charge in [-0.3, -0.25) is 9.48 Å². The number of hydrogen-bond donors (Lipinski definition) is 1. The van der Waals surface area contributed by atoms with Crippen LogP contribution in [0.2, 0.25) is 0 Å². The van der Waals surface area contributed by atoms with Crippen LogP contribution >= 0.6 is 11.8 Å². The number of carbonyl (C=O) groups excluding carboxylic acids is 1. The molecule has 3 aromatic carbocycles. The average molecular weight is 624 g/mol. The molecule has 0 atom stereocenters. The zero-order chi connectivity index (χ0) is 31.4. The summed E-state index contributed by atoms with van der Waals surface area (Å²) in [5.41, 5.74) is 4.48. The van der Waals surface area contributed by atoms with Crippen LogP contribution in [0.15, 0.2) is 82.1 Å². The second-order valence-electron chi connectivity index (χ2n) is 9.97. The summed E-state index contributed by atoms with van der Waals surface area (Å²) >= 11 is 1.06. The first-order chi connectivity index (χ1) is 21.0. The molecule has 1 N–H and O–H groups in total. The summed E-state index contributed by atoms with van der Waals surface area (Å²) < 4.78 is 43.1. The largest absolute Gasteiger partial charge is 0.573 e. The zero-order valence-corrected chi connectivity index (χ0v) is 25.0. The van der Waals surface area contributed by atoms with Crippen LogP contribution in [0.4, 0.5) is 24.5 Å². The Kier molecular flexibility index (Phi) is 8.90. The molecule has 0 radical (unpaired) electrons. The van der Waals surface area contributed by atoms with E-state index in [0.29, 0.717) is 16.5 Å². The number of rotatable bonds is 8. The number of halogens is 3. The van der Waals surface area contributed by atoms with Gasteiger partial charge >= 0.3 is 6.36 Å².